The molecule has 8 nitrogen and oxygen atoms in total. The van der Waals surface area contributed by atoms with Crippen LogP contribution in [0.25, 0.3) is 88.4 Å². The summed E-state index contributed by atoms with van der Waals surface area (Å²) in [5.74, 6) is 0. The first-order chi connectivity index (χ1) is 29.5. The number of aromatic nitrogens is 3. The summed E-state index contributed by atoms with van der Waals surface area (Å²) in [6.45, 7) is 0. The van der Waals surface area contributed by atoms with Gasteiger partial charge in [-0.05, 0) is 119 Å². The van der Waals surface area contributed by atoms with Crippen LogP contribution in [0, 0.1) is 56.7 Å². The monoisotopic (exact) mass is 762 g/mol. The van der Waals surface area contributed by atoms with Gasteiger partial charge in [0, 0.05) is 45.1 Å². The molecule has 0 fully saturated rings. The largest absolute Gasteiger partial charge is 0.309 e. The van der Waals surface area contributed by atoms with E-state index < -0.39 is 0 Å². The van der Waals surface area contributed by atoms with Crippen LogP contribution in [-0.4, -0.2) is 14.1 Å². The second kappa shape index (κ2) is 14.0. The minimum Gasteiger partial charge on any atom is -0.309 e. The molecule has 10 aromatic rings. The molecular weight excluding hydrogens is 737 g/mol. The lowest BCUT2D eigenvalue weighted by atomic mass is 9.98. The van der Waals surface area contributed by atoms with Gasteiger partial charge in [0.05, 0.1) is 91.6 Å². The molecule has 60 heavy (non-hydrogen) atoms. The van der Waals surface area contributed by atoms with E-state index in [0.717, 1.165) is 88.4 Å². The Balaban J connectivity index is 1.20. The molecule has 0 spiro atoms. The summed E-state index contributed by atoms with van der Waals surface area (Å²) in [7, 11) is 0. The third-order valence-corrected chi connectivity index (χ3v) is 11.1. The van der Waals surface area contributed by atoms with Crippen molar-refractivity contribution in [2.45, 2.75) is 0 Å². The van der Waals surface area contributed by atoms with Crippen molar-refractivity contribution in [2.75, 3.05) is 0 Å². The third-order valence-electron chi connectivity index (χ3n) is 11.1. The van der Waals surface area contributed by atoms with E-state index in [1.54, 1.807) is 42.6 Å². The molecule has 3 heterocycles. The van der Waals surface area contributed by atoms with Crippen LogP contribution in [0.5, 0.6) is 0 Å². The summed E-state index contributed by atoms with van der Waals surface area (Å²) < 4.78 is 4.45. The zero-order chi connectivity index (χ0) is 40.9. The van der Waals surface area contributed by atoms with Gasteiger partial charge < -0.3 is 9.13 Å². The number of rotatable bonds is 5. The van der Waals surface area contributed by atoms with Gasteiger partial charge in [0.25, 0.3) is 0 Å². The van der Waals surface area contributed by atoms with Crippen LogP contribution in [0.1, 0.15) is 27.8 Å². The van der Waals surface area contributed by atoms with Gasteiger partial charge in [0.1, 0.15) is 0 Å². The third kappa shape index (κ3) is 5.61. The molecule has 0 aliphatic rings. The van der Waals surface area contributed by atoms with Crippen molar-refractivity contribution >= 4 is 43.6 Å². The van der Waals surface area contributed by atoms with E-state index in [1.807, 2.05) is 66.9 Å². The van der Waals surface area contributed by atoms with Crippen molar-refractivity contribution in [3.05, 3.63) is 186 Å². The Morgan fingerprint density at radius 3 is 1.28 bits per heavy atom. The van der Waals surface area contributed by atoms with Gasteiger partial charge in [0.15, 0.2) is 0 Å². The summed E-state index contributed by atoms with van der Waals surface area (Å²) in [5.41, 5.74) is 12.7. The molecule has 274 valence electrons. The van der Waals surface area contributed by atoms with Gasteiger partial charge in [-0.25, -0.2) is 0 Å². The van der Waals surface area contributed by atoms with Crippen molar-refractivity contribution in [3.8, 4) is 75.1 Å². The van der Waals surface area contributed by atoms with Gasteiger partial charge in [0.2, 0.25) is 0 Å². The van der Waals surface area contributed by atoms with Crippen LogP contribution >= 0.6 is 0 Å². The minimum atomic E-state index is 0.421. The summed E-state index contributed by atoms with van der Waals surface area (Å²) in [6, 6.07) is 58.0. The lowest BCUT2D eigenvalue weighted by Gasteiger charge is -2.18. The molecule has 0 amide bonds. The van der Waals surface area contributed by atoms with E-state index in [4.69, 9.17) is 0 Å². The number of para-hydroxylation sites is 2. The van der Waals surface area contributed by atoms with Crippen LogP contribution in [0.15, 0.2) is 158 Å². The van der Waals surface area contributed by atoms with Crippen molar-refractivity contribution in [3.63, 3.8) is 0 Å². The second-order valence-corrected chi connectivity index (χ2v) is 14.5. The lowest BCUT2D eigenvalue weighted by Crippen LogP contribution is -2.02. The van der Waals surface area contributed by atoms with E-state index in [0.29, 0.717) is 27.8 Å². The maximum atomic E-state index is 10.3. The van der Waals surface area contributed by atoms with Gasteiger partial charge in [-0.2, -0.15) is 26.3 Å². The number of hydrogen-bond donors (Lipinski definition) is 0. The van der Waals surface area contributed by atoms with E-state index in [-0.39, 0.29) is 0 Å². The van der Waals surface area contributed by atoms with Crippen LogP contribution in [0.2, 0.25) is 0 Å². The van der Waals surface area contributed by atoms with Gasteiger partial charge in [-0.3, -0.25) is 4.98 Å². The first-order valence-corrected chi connectivity index (χ1v) is 19.0. The summed E-state index contributed by atoms with van der Waals surface area (Å²) in [5, 5.41) is 53.1. The predicted octanol–water partition coefficient (Wildman–Crippen LogP) is 11.6. The molecule has 7 aromatic carbocycles. The lowest BCUT2D eigenvalue weighted by molar-refractivity contribution is 1.14. The highest BCUT2D eigenvalue weighted by atomic mass is 15.0. The number of fused-ring (bicyclic) bond motifs is 6. The molecule has 8 heteroatoms. The fourth-order valence-corrected chi connectivity index (χ4v) is 8.48. The topological polar surface area (TPSA) is 142 Å². The molecule has 0 radical (unpaired) electrons. The van der Waals surface area contributed by atoms with E-state index >= 15 is 0 Å². The first kappa shape index (κ1) is 35.2. The van der Waals surface area contributed by atoms with Crippen molar-refractivity contribution in [1.29, 1.82) is 26.3 Å². The first-order valence-electron chi connectivity index (χ1n) is 19.0. The van der Waals surface area contributed by atoms with E-state index in [9.17, 15) is 26.3 Å². The smallest absolute Gasteiger partial charge is 0.0992 e. The van der Waals surface area contributed by atoms with Crippen LogP contribution in [-0.2, 0) is 0 Å². The summed E-state index contributed by atoms with van der Waals surface area (Å²) in [4.78, 5) is 4.65. The van der Waals surface area contributed by atoms with Gasteiger partial charge >= 0.3 is 0 Å². The number of hydrogen-bond acceptors (Lipinski definition) is 6. The Kier molecular flexibility index (Phi) is 8.23. The Bertz CT molecular complexity index is 3620. The highest BCUT2D eigenvalue weighted by Gasteiger charge is 2.22. The number of pyridine rings is 1. The number of nitriles is 5. The zero-order valence-corrected chi connectivity index (χ0v) is 31.6. The Labute approximate surface area is 343 Å². The summed E-state index contributed by atoms with van der Waals surface area (Å²) in [6.07, 6.45) is 3.63. The molecule has 0 atom stereocenters. The van der Waals surface area contributed by atoms with Crippen LogP contribution < -0.4 is 0 Å². The molecule has 0 saturated carbocycles. The maximum absolute atomic E-state index is 10.3. The molecule has 0 bridgehead atoms. The molecule has 0 aliphatic carbocycles. The molecule has 0 saturated heterocycles. The highest BCUT2D eigenvalue weighted by molar-refractivity contribution is 6.12. The minimum absolute atomic E-state index is 0.421. The van der Waals surface area contributed by atoms with Gasteiger partial charge in [-0.15, -0.1) is 0 Å². The van der Waals surface area contributed by atoms with Crippen molar-refractivity contribution in [1.82, 2.24) is 14.1 Å². The highest BCUT2D eigenvalue weighted by Crippen LogP contribution is 2.42. The zero-order valence-electron chi connectivity index (χ0n) is 31.6. The fraction of sp³-hybridized carbons (Fsp3) is 0. The number of nitrogens with zero attached hydrogens (tertiary/aromatic N) is 8. The molecular formula is C52H26N8. The standard InChI is InChI=1S/C52H26N8/c53-26-32-9-12-49(59-47-7-3-1-5-41(47)44-24-37(10-13-50(44)59)39-19-33(27-54)17-34(20-39)28-55)43(23-32)46-31-58-16-15-52(46)60-48-8-4-2-6-42(48)45-25-38(11-14-51(45)60)40-21-35(29-56)18-36(22-40)30-57/h1-25,31H. The Morgan fingerprint density at radius 2 is 0.800 bits per heavy atom. The molecule has 3 aromatic heterocycles. The predicted molar refractivity (Wildman–Crippen MR) is 233 cm³/mol. The average Bonchev–Trinajstić information content (AvgIpc) is 3.82. The summed E-state index contributed by atoms with van der Waals surface area (Å²) >= 11 is 0. The normalized spacial score (nSPS) is 10.9. The Hall–Kier alpha value is -9.26. The van der Waals surface area contributed by atoms with E-state index in [2.05, 4.69) is 93.0 Å². The molecule has 0 aliphatic heterocycles. The number of benzene rings is 7. The van der Waals surface area contributed by atoms with Crippen molar-refractivity contribution in [2.24, 2.45) is 0 Å². The van der Waals surface area contributed by atoms with Crippen molar-refractivity contribution < 1.29 is 0 Å². The van der Waals surface area contributed by atoms with E-state index in [1.165, 1.54) is 0 Å². The quantitative estimate of drug-likeness (QED) is 0.171. The maximum Gasteiger partial charge on any atom is 0.0992 e. The fourth-order valence-electron chi connectivity index (χ4n) is 8.48. The molecule has 0 unspecified atom stereocenters. The Morgan fingerprint density at radius 1 is 0.350 bits per heavy atom. The van der Waals surface area contributed by atoms with Crippen LogP contribution in [0.3, 0.4) is 0 Å². The van der Waals surface area contributed by atoms with Crippen LogP contribution in [0.4, 0.5) is 0 Å². The average molecular weight is 763 g/mol. The molecule has 10 rings (SSSR count). The SMILES string of the molecule is N#Cc1cc(C#N)cc(-c2ccc3c(c2)c2ccccc2n3-c2ccncc2-c2cc(C#N)ccc2-n2c3ccccc3c3cc(-c4cc(C#N)cc(C#N)c4)ccc32)c1. The molecule has 0 N–H and O–H groups in total. The second-order valence-electron chi connectivity index (χ2n) is 14.5. The van der Waals surface area contributed by atoms with Gasteiger partial charge in [-0.1, -0.05) is 48.5 Å².